The summed E-state index contributed by atoms with van der Waals surface area (Å²) in [4.78, 5) is 26.0. The first-order valence-electron chi connectivity index (χ1n) is 7.40. The first kappa shape index (κ1) is 14.8. The molecule has 0 saturated carbocycles. The van der Waals surface area contributed by atoms with Crippen molar-refractivity contribution in [3.63, 3.8) is 0 Å². The number of benzene rings is 1. The van der Waals surface area contributed by atoms with Crippen molar-refractivity contribution in [3.05, 3.63) is 58.3 Å². The van der Waals surface area contributed by atoms with Crippen molar-refractivity contribution in [2.75, 3.05) is 13.1 Å². The molecule has 1 aromatic heterocycles. The summed E-state index contributed by atoms with van der Waals surface area (Å²) in [5.41, 5.74) is 1.68. The molecule has 2 aromatic rings. The van der Waals surface area contributed by atoms with E-state index in [2.05, 4.69) is 5.32 Å². The molecule has 1 aliphatic heterocycles. The Hall–Kier alpha value is -2.14. The van der Waals surface area contributed by atoms with Crippen molar-refractivity contribution >= 4 is 23.2 Å². The smallest absolute Gasteiger partial charge is 0.252 e. The van der Waals surface area contributed by atoms with Crippen LogP contribution in [0.3, 0.4) is 0 Å². The summed E-state index contributed by atoms with van der Waals surface area (Å²) in [5, 5.41) is 6.77. The number of rotatable bonds is 5. The Morgan fingerprint density at radius 2 is 2.09 bits per heavy atom. The fourth-order valence-electron chi connectivity index (χ4n) is 2.67. The Bertz CT molecular complexity index is 640. The van der Waals surface area contributed by atoms with E-state index < -0.39 is 0 Å². The van der Waals surface area contributed by atoms with Crippen LogP contribution in [0.5, 0.6) is 0 Å². The third-order valence-corrected chi connectivity index (χ3v) is 4.55. The molecule has 1 aromatic carbocycles. The van der Waals surface area contributed by atoms with Gasteiger partial charge in [0.25, 0.3) is 5.91 Å². The second kappa shape index (κ2) is 6.75. The van der Waals surface area contributed by atoms with Crippen molar-refractivity contribution in [1.82, 2.24) is 10.2 Å². The third kappa shape index (κ3) is 3.36. The average molecular weight is 314 g/mol. The van der Waals surface area contributed by atoms with Gasteiger partial charge in [0.15, 0.2) is 0 Å². The molecule has 1 fully saturated rings. The van der Waals surface area contributed by atoms with Crippen LogP contribution in [0.1, 0.15) is 34.8 Å². The molecule has 4 nitrogen and oxygen atoms in total. The second-order valence-electron chi connectivity index (χ2n) is 5.39. The van der Waals surface area contributed by atoms with Crippen molar-refractivity contribution in [1.29, 1.82) is 0 Å². The van der Waals surface area contributed by atoms with Crippen molar-refractivity contribution in [2.24, 2.45) is 0 Å². The van der Waals surface area contributed by atoms with Gasteiger partial charge in [-0.15, -0.1) is 0 Å². The highest BCUT2D eigenvalue weighted by Crippen LogP contribution is 2.19. The van der Waals surface area contributed by atoms with Gasteiger partial charge in [0.2, 0.25) is 5.91 Å². The fraction of sp³-hybridized carbons (Fsp3) is 0.294. The maximum atomic E-state index is 12.3. The first-order chi connectivity index (χ1) is 10.7. The largest absolute Gasteiger partial charge is 0.343 e. The maximum absolute atomic E-state index is 12.3. The van der Waals surface area contributed by atoms with E-state index in [1.54, 1.807) is 0 Å². The lowest BCUT2D eigenvalue weighted by Gasteiger charge is -2.25. The van der Waals surface area contributed by atoms with E-state index in [0.29, 0.717) is 18.5 Å². The van der Waals surface area contributed by atoms with Gasteiger partial charge in [-0.2, -0.15) is 11.3 Å². The summed E-state index contributed by atoms with van der Waals surface area (Å²) in [6.07, 6.45) is 1.51. The number of carbonyl (C=O) groups excluding carboxylic acids is 2. The molecule has 5 heteroatoms. The van der Waals surface area contributed by atoms with Gasteiger partial charge >= 0.3 is 0 Å². The number of thiophene rings is 1. The lowest BCUT2D eigenvalue weighted by Crippen LogP contribution is -2.38. The molecule has 2 heterocycles. The fourth-order valence-corrected chi connectivity index (χ4v) is 3.31. The van der Waals surface area contributed by atoms with Crippen LogP contribution >= 0.6 is 11.3 Å². The molecule has 0 spiro atoms. The number of amides is 2. The number of hydrogen-bond acceptors (Lipinski definition) is 3. The Kier molecular flexibility index (Phi) is 4.53. The van der Waals surface area contributed by atoms with E-state index in [-0.39, 0.29) is 17.9 Å². The van der Waals surface area contributed by atoms with Gasteiger partial charge in [-0.25, -0.2) is 0 Å². The molecule has 114 valence electrons. The molecular formula is C17H18N2O2S. The first-order valence-corrected chi connectivity index (χ1v) is 8.34. The minimum atomic E-state index is -0.185. The van der Waals surface area contributed by atoms with E-state index >= 15 is 0 Å². The van der Waals surface area contributed by atoms with E-state index in [1.807, 2.05) is 52.1 Å². The zero-order valence-corrected chi connectivity index (χ0v) is 13.0. The highest BCUT2D eigenvalue weighted by atomic mass is 32.1. The number of hydrogen-bond donors (Lipinski definition) is 1. The Morgan fingerprint density at radius 1 is 1.27 bits per heavy atom. The van der Waals surface area contributed by atoms with E-state index in [4.69, 9.17) is 0 Å². The standard InChI is InChI=1S/C17H18N2O2S/c20-16-7-4-9-19(16)11-15(13-5-2-1-3-6-13)18-17(21)14-8-10-22-12-14/h1-3,5-6,8,10,12,15H,4,7,9,11H2,(H,18,21)/t15-/m1/s1. The Balaban J connectivity index is 1.77. The predicted octanol–water partition coefficient (Wildman–Crippen LogP) is 2.84. The van der Waals surface area contributed by atoms with Gasteiger partial charge in [-0.1, -0.05) is 30.3 Å². The summed E-state index contributed by atoms with van der Waals surface area (Å²) in [6.45, 7) is 1.30. The normalized spacial score (nSPS) is 15.8. The molecule has 0 unspecified atom stereocenters. The summed E-state index contributed by atoms with van der Waals surface area (Å²) < 4.78 is 0. The van der Waals surface area contributed by atoms with Crippen LogP contribution in [0.25, 0.3) is 0 Å². The van der Waals surface area contributed by atoms with Crippen molar-refractivity contribution < 1.29 is 9.59 Å². The van der Waals surface area contributed by atoms with Crippen LogP contribution in [-0.4, -0.2) is 29.8 Å². The van der Waals surface area contributed by atoms with Crippen LogP contribution < -0.4 is 5.32 Å². The summed E-state index contributed by atoms with van der Waals surface area (Å²) >= 11 is 1.50. The quantitative estimate of drug-likeness (QED) is 0.922. The lowest BCUT2D eigenvalue weighted by atomic mass is 10.1. The number of carbonyl (C=O) groups is 2. The van der Waals surface area contributed by atoms with Gasteiger partial charge in [0.1, 0.15) is 0 Å². The molecule has 22 heavy (non-hydrogen) atoms. The summed E-state index contributed by atoms with van der Waals surface area (Å²) in [7, 11) is 0. The summed E-state index contributed by atoms with van der Waals surface area (Å²) in [6, 6.07) is 11.4. The minimum absolute atomic E-state index is 0.0956. The molecular weight excluding hydrogens is 296 g/mol. The van der Waals surface area contributed by atoms with E-state index in [9.17, 15) is 9.59 Å². The number of nitrogens with zero attached hydrogens (tertiary/aromatic N) is 1. The number of likely N-dealkylation sites (tertiary alicyclic amines) is 1. The topological polar surface area (TPSA) is 49.4 Å². The van der Waals surface area contributed by atoms with Crippen LogP contribution in [0.15, 0.2) is 47.2 Å². The maximum Gasteiger partial charge on any atom is 0.252 e. The second-order valence-corrected chi connectivity index (χ2v) is 6.17. The minimum Gasteiger partial charge on any atom is -0.343 e. The van der Waals surface area contributed by atoms with Gasteiger partial charge < -0.3 is 10.2 Å². The van der Waals surface area contributed by atoms with E-state index in [0.717, 1.165) is 18.5 Å². The molecule has 1 N–H and O–H groups in total. The van der Waals surface area contributed by atoms with Gasteiger partial charge in [0, 0.05) is 24.9 Å². The molecule has 3 rings (SSSR count). The SMILES string of the molecule is O=C(N[C@H](CN1CCCC1=O)c1ccccc1)c1ccsc1. The monoisotopic (exact) mass is 314 g/mol. The van der Waals surface area contributed by atoms with Gasteiger partial charge in [0.05, 0.1) is 11.6 Å². The highest BCUT2D eigenvalue weighted by molar-refractivity contribution is 7.08. The molecule has 0 aliphatic carbocycles. The third-order valence-electron chi connectivity index (χ3n) is 3.86. The van der Waals surface area contributed by atoms with Gasteiger partial charge in [-0.05, 0) is 23.4 Å². The molecule has 1 aliphatic rings. The van der Waals surface area contributed by atoms with Crippen molar-refractivity contribution in [3.8, 4) is 0 Å². The predicted molar refractivity (Wildman–Crippen MR) is 86.8 cm³/mol. The summed E-state index contributed by atoms with van der Waals surface area (Å²) in [5.74, 6) is 0.0764. The molecule has 1 atom stereocenters. The zero-order chi connectivity index (χ0) is 15.4. The number of nitrogens with one attached hydrogen (secondary N) is 1. The molecule has 0 radical (unpaired) electrons. The molecule has 1 saturated heterocycles. The van der Waals surface area contributed by atoms with Crippen LogP contribution in [0.4, 0.5) is 0 Å². The van der Waals surface area contributed by atoms with E-state index in [1.165, 1.54) is 11.3 Å². The Labute approximate surface area is 133 Å². The zero-order valence-electron chi connectivity index (χ0n) is 12.2. The lowest BCUT2D eigenvalue weighted by molar-refractivity contribution is -0.128. The Morgan fingerprint density at radius 3 is 2.73 bits per heavy atom. The van der Waals surface area contributed by atoms with Crippen LogP contribution in [0, 0.1) is 0 Å². The highest BCUT2D eigenvalue weighted by Gasteiger charge is 2.25. The average Bonchev–Trinajstić information content (AvgIpc) is 3.20. The molecule has 2 amide bonds. The van der Waals surface area contributed by atoms with Gasteiger partial charge in [-0.3, -0.25) is 9.59 Å². The van der Waals surface area contributed by atoms with Crippen LogP contribution in [0.2, 0.25) is 0 Å². The van der Waals surface area contributed by atoms with Crippen LogP contribution in [-0.2, 0) is 4.79 Å². The molecule has 0 bridgehead atoms. The van der Waals surface area contributed by atoms with Crippen molar-refractivity contribution in [2.45, 2.75) is 18.9 Å².